The monoisotopic (exact) mass is 601 g/mol. The maximum atomic E-state index is 13.7. The standard InChI is InChI=1S/C26H24Cl2F3N3O4S/c1-17(25(36)32-2)33(15-18-7-6-8-20(27)13-18)24(35)16-34(39(37,38)21-9-4-3-5-10-21)23-14-19(26(29,30)31)11-12-22(23)28/h3-14,17H,15-16H2,1-2H3,(H,32,36)/t17-/m0/s1. The molecule has 0 fully saturated rings. The fourth-order valence-electron chi connectivity index (χ4n) is 3.74. The van der Waals surface area contributed by atoms with Crippen molar-refractivity contribution in [1.82, 2.24) is 10.2 Å². The predicted molar refractivity (Wildman–Crippen MR) is 143 cm³/mol. The van der Waals surface area contributed by atoms with E-state index in [1.807, 2.05) is 0 Å². The van der Waals surface area contributed by atoms with Gasteiger partial charge >= 0.3 is 6.18 Å². The zero-order chi connectivity index (χ0) is 29.0. The smallest absolute Gasteiger partial charge is 0.357 e. The third kappa shape index (κ3) is 7.23. The summed E-state index contributed by atoms with van der Waals surface area (Å²) in [6.45, 7) is 0.359. The van der Waals surface area contributed by atoms with E-state index in [1.165, 1.54) is 38.2 Å². The summed E-state index contributed by atoms with van der Waals surface area (Å²) in [6, 6.07) is 14.5. The van der Waals surface area contributed by atoms with Gasteiger partial charge in [0.25, 0.3) is 10.0 Å². The van der Waals surface area contributed by atoms with Crippen molar-refractivity contribution in [2.45, 2.75) is 30.6 Å². The molecule has 0 aliphatic rings. The number of amides is 2. The van der Waals surface area contributed by atoms with Gasteiger partial charge in [-0.2, -0.15) is 13.2 Å². The molecular weight excluding hydrogens is 578 g/mol. The summed E-state index contributed by atoms with van der Waals surface area (Å²) in [6.07, 6.45) is -4.81. The Bertz CT molecular complexity index is 1450. The maximum absolute atomic E-state index is 13.7. The van der Waals surface area contributed by atoms with Gasteiger partial charge in [0.2, 0.25) is 11.8 Å². The molecule has 3 aromatic rings. The Morgan fingerprint density at radius 3 is 2.23 bits per heavy atom. The van der Waals surface area contributed by atoms with Crippen LogP contribution in [0.4, 0.5) is 18.9 Å². The molecule has 3 aromatic carbocycles. The van der Waals surface area contributed by atoms with Crippen molar-refractivity contribution in [3.05, 3.63) is 94.0 Å². The number of likely N-dealkylation sites (N-methyl/N-ethyl adjacent to an activating group) is 1. The Balaban J connectivity index is 2.13. The number of nitrogens with one attached hydrogen (secondary N) is 1. The molecule has 0 saturated carbocycles. The first-order valence-corrected chi connectivity index (χ1v) is 13.7. The fraction of sp³-hybridized carbons (Fsp3) is 0.231. The first-order valence-electron chi connectivity index (χ1n) is 11.5. The topological polar surface area (TPSA) is 86.8 Å². The molecule has 0 saturated heterocycles. The molecule has 7 nitrogen and oxygen atoms in total. The van der Waals surface area contributed by atoms with Crippen molar-refractivity contribution in [2.24, 2.45) is 0 Å². The van der Waals surface area contributed by atoms with Crippen LogP contribution >= 0.6 is 23.2 Å². The number of sulfonamides is 1. The first kappa shape index (κ1) is 30.3. The highest BCUT2D eigenvalue weighted by atomic mass is 35.5. The van der Waals surface area contributed by atoms with Gasteiger partial charge in [-0.1, -0.05) is 53.5 Å². The Hall–Kier alpha value is -3.28. The van der Waals surface area contributed by atoms with Crippen LogP contribution in [0.15, 0.2) is 77.7 Å². The molecule has 13 heteroatoms. The van der Waals surface area contributed by atoms with Gasteiger partial charge in [0.15, 0.2) is 0 Å². The van der Waals surface area contributed by atoms with E-state index < -0.39 is 51.9 Å². The highest BCUT2D eigenvalue weighted by Crippen LogP contribution is 2.37. The lowest BCUT2D eigenvalue weighted by Gasteiger charge is -2.32. The van der Waals surface area contributed by atoms with Crippen molar-refractivity contribution in [2.75, 3.05) is 17.9 Å². The normalized spacial score (nSPS) is 12.5. The van der Waals surface area contributed by atoms with E-state index in [-0.39, 0.29) is 16.5 Å². The molecule has 39 heavy (non-hydrogen) atoms. The van der Waals surface area contributed by atoms with Gasteiger partial charge in [-0.3, -0.25) is 13.9 Å². The summed E-state index contributed by atoms with van der Waals surface area (Å²) < 4.78 is 68.5. The minimum absolute atomic E-state index is 0.135. The van der Waals surface area contributed by atoms with Crippen molar-refractivity contribution in [3.8, 4) is 0 Å². The summed E-state index contributed by atoms with van der Waals surface area (Å²) in [5.74, 6) is -1.40. The van der Waals surface area contributed by atoms with E-state index in [4.69, 9.17) is 23.2 Å². The summed E-state index contributed by atoms with van der Waals surface area (Å²) in [4.78, 5) is 27.0. The van der Waals surface area contributed by atoms with Crippen LogP contribution in [0, 0.1) is 0 Å². The molecule has 0 bridgehead atoms. The number of hydrogen-bond acceptors (Lipinski definition) is 4. The van der Waals surface area contributed by atoms with Gasteiger partial charge in [-0.15, -0.1) is 0 Å². The predicted octanol–water partition coefficient (Wildman–Crippen LogP) is 5.37. The molecule has 0 aliphatic heterocycles. The summed E-state index contributed by atoms with van der Waals surface area (Å²) in [5, 5.41) is 2.48. The SMILES string of the molecule is CNC(=O)[C@H](C)N(Cc1cccc(Cl)c1)C(=O)CN(c1cc(C(F)(F)F)ccc1Cl)S(=O)(=O)c1ccccc1. The van der Waals surface area contributed by atoms with Crippen LogP contribution < -0.4 is 9.62 Å². The molecule has 3 rings (SSSR count). The van der Waals surface area contributed by atoms with Gasteiger partial charge in [0.1, 0.15) is 12.6 Å². The van der Waals surface area contributed by atoms with Crippen LogP contribution in [0.2, 0.25) is 10.0 Å². The Kier molecular flexibility index (Phi) is 9.52. The second-order valence-electron chi connectivity index (χ2n) is 8.43. The molecule has 1 atom stereocenters. The third-order valence-corrected chi connectivity index (χ3v) is 8.14. The van der Waals surface area contributed by atoms with Gasteiger partial charge in [-0.05, 0) is 55.0 Å². The zero-order valence-corrected chi connectivity index (χ0v) is 23.1. The van der Waals surface area contributed by atoms with Gasteiger partial charge < -0.3 is 10.2 Å². The lowest BCUT2D eigenvalue weighted by Crippen LogP contribution is -2.50. The number of hydrogen-bond donors (Lipinski definition) is 1. The molecule has 0 aliphatic carbocycles. The zero-order valence-electron chi connectivity index (χ0n) is 20.7. The highest BCUT2D eigenvalue weighted by molar-refractivity contribution is 7.92. The van der Waals surface area contributed by atoms with Crippen LogP contribution in [0.3, 0.4) is 0 Å². The molecule has 208 valence electrons. The first-order chi connectivity index (χ1) is 18.3. The number of rotatable bonds is 9. The quantitative estimate of drug-likeness (QED) is 0.357. The van der Waals surface area contributed by atoms with E-state index in [1.54, 1.807) is 30.3 Å². The minimum Gasteiger partial charge on any atom is -0.357 e. The number of nitrogens with zero attached hydrogens (tertiary/aromatic N) is 2. The van der Waals surface area contributed by atoms with Crippen molar-refractivity contribution in [1.29, 1.82) is 0 Å². The van der Waals surface area contributed by atoms with E-state index in [9.17, 15) is 31.2 Å². The van der Waals surface area contributed by atoms with Crippen molar-refractivity contribution >= 4 is 50.7 Å². The number of halogens is 5. The molecule has 0 spiro atoms. The van der Waals surface area contributed by atoms with E-state index in [0.717, 1.165) is 11.0 Å². The second kappa shape index (κ2) is 12.3. The summed E-state index contributed by atoms with van der Waals surface area (Å²) >= 11 is 12.3. The third-order valence-electron chi connectivity index (χ3n) is 5.81. The number of carbonyl (C=O) groups is 2. The molecule has 0 radical (unpaired) electrons. The molecule has 1 N–H and O–H groups in total. The van der Waals surface area contributed by atoms with Crippen LogP contribution in [0.5, 0.6) is 0 Å². The van der Waals surface area contributed by atoms with Crippen molar-refractivity contribution < 1.29 is 31.2 Å². The number of carbonyl (C=O) groups excluding carboxylic acids is 2. The van der Waals surface area contributed by atoms with E-state index in [2.05, 4.69) is 5.32 Å². The van der Waals surface area contributed by atoms with Crippen molar-refractivity contribution in [3.63, 3.8) is 0 Å². The average molecular weight is 602 g/mol. The molecule has 2 amide bonds. The molecule has 0 aromatic heterocycles. The Labute approximate surface area is 234 Å². The van der Waals surface area contributed by atoms with Crippen LogP contribution in [-0.2, 0) is 32.3 Å². The Morgan fingerprint density at radius 2 is 1.64 bits per heavy atom. The largest absolute Gasteiger partial charge is 0.416 e. The van der Waals surface area contributed by atoms with Crippen LogP contribution in [0.1, 0.15) is 18.1 Å². The number of alkyl halides is 3. The number of anilines is 1. The van der Waals surface area contributed by atoms with Crippen LogP contribution in [-0.4, -0.2) is 44.8 Å². The number of benzene rings is 3. The lowest BCUT2D eigenvalue weighted by atomic mass is 10.1. The van der Waals surface area contributed by atoms with Gasteiger partial charge in [0.05, 0.1) is 21.2 Å². The maximum Gasteiger partial charge on any atom is 0.416 e. The highest BCUT2D eigenvalue weighted by Gasteiger charge is 2.36. The lowest BCUT2D eigenvalue weighted by molar-refractivity contribution is -0.139. The summed E-state index contributed by atoms with van der Waals surface area (Å²) in [5.41, 5.74) is -1.16. The van der Waals surface area contributed by atoms with E-state index >= 15 is 0 Å². The van der Waals surface area contributed by atoms with Gasteiger partial charge in [0, 0.05) is 18.6 Å². The molecular formula is C26H24Cl2F3N3O4S. The van der Waals surface area contributed by atoms with E-state index in [0.29, 0.717) is 27.0 Å². The van der Waals surface area contributed by atoms with Crippen LogP contribution in [0.25, 0.3) is 0 Å². The molecule has 0 heterocycles. The fourth-order valence-corrected chi connectivity index (χ4v) is 5.67. The molecule has 0 unspecified atom stereocenters. The Morgan fingerprint density at radius 1 is 0.974 bits per heavy atom. The van der Waals surface area contributed by atoms with Gasteiger partial charge in [-0.25, -0.2) is 8.42 Å². The average Bonchev–Trinajstić information content (AvgIpc) is 2.89. The minimum atomic E-state index is -4.81. The second-order valence-corrected chi connectivity index (χ2v) is 11.1. The summed E-state index contributed by atoms with van der Waals surface area (Å²) in [7, 11) is -3.22.